The van der Waals surface area contributed by atoms with Crippen molar-refractivity contribution in [3.05, 3.63) is 87.1 Å². The van der Waals surface area contributed by atoms with E-state index < -0.39 is 0 Å². The van der Waals surface area contributed by atoms with Gasteiger partial charge in [0.05, 0.1) is 34.3 Å². The van der Waals surface area contributed by atoms with Crippen LogP contribution in [0.3, 0.4) is 0 Å². The number of rotatable bonds is 7. The van der Waals surface area contributed by atoms with E-state index in [1.165, 1.54) is 22.1 Å². The first-order valence-corrected chi connectivity index (χ1v) is 13.7. The summed E-state index contributed by atoms with van der Waals surface area (Å²) in [5.41, 5.74) is 1.87. The van der Waals surface area contributed by atoms with Crippen LogP contribution in [0, 0.1) is 6.92 Å². The minimum absolute atomic E-state index is 0.166. The number of carbonyl (C=O) groups is 1. The van der Waals surface area contributed by atoms with E-state index in [9.17, 15) is 14.4 Å². The highest BCUT2D eigenvalue weighted by atomic mass is 32.1. The second-order valence-corrected chi connectivity index (χ2v) is 10.5. The zero-order chi connectivity index (χ0) is 26.9. The van der Waals surface area contributed by atoms with Crippen LogP contribution in [0.25, 0.3) is 26.3 Å². The molecule has 0 atom stereocenters. The number of benzene rings is 2. The third-order valence-electron chi connectivity index (χ3n) is 7.03. The summed E-state index contributed by atoms with van der Waals surface area (Å²) in [7, 11) is 0. The molecule has 0 aliphatic carbocycles. The number of morpholine rings is 1. The lowest BCUT2D eigenvalue weighted by molar-refractivity contribution is -0.116. The van der Waals surface area contributed by atoms with Crippen LogP contribution in [0.15, 0.2) is 70.3 Å². The number of para-hydroxylation sites is 2. The van der Waals surface area contributed by atoms with Crippen molar-refractivity contribution < 1.29 is 9.53 Å². The first-order valence-electron chi connectivity index (χ1n) is 12.9. The molecule has 1 saturated heterocycles. The molecule has 6 rings (SSSR count). The van der Waals surface area contributed by atoms with Crippen molar-refractivity contribution in [3.8, 4) is 5.13 Å². The average molecular weight is 545 g/mol. The fourth-order valence-corrected chi connectivity index (χ4v) is 6.02. The second-order valence-electron chi connectivity index (χ2n) is 9.49. The van der Waals surface area contributed by atoms with Gasteiger partial charge >= 0.3 is 0 Å². The lowest BCUT2D eigenvalue weighted by Gasteiger charge is -2.27. The van der Waals surface area contributed by atoms with E-state index in [-0.39, 0.29) is 23.6 Å². The molecule has 0 saturated carbocycles. The van der Waals surface area contributed by atoms with Crippen LogP contribution in [-0.2, 0) is 22.6 Å². The number of nitrogens with zero attached hydrogens (tertiary/aromatic N) is 5. The third-order valence-corrected chi connectivity index (χ3v) is 8.04. The lowest BCUT2D eigenvalue weighted by Crippen LogP contribution is -2.39. The maximum Gasteiger partial charge on any atom is 0.283 e. The summed E-state index contributed by atoms with van der Waals surface area (Å²) in [6.45, 7) is 5.74. The Morgan fingerprint density at radius 2 is 1.77 bits per heavy atom. The highest BCUT2D eigenvalue weighted by Gasteiger charge is 2.23. The number of hydrogen-bond donors (Lipinski definition) is 1. The van der Waals surface area contributed by atoms with Crippen molar-refractivity contribution in [2.75, 3.05) is 38.2 Å². The van der Waals surface area contributed by atoms with Crippen molar-refractivity contribution >= 4 is 44.1 Å². The molecule has 2 aromatic carbocycles. The third kappa shape index (κ3) is 4.91. The maximum atomic E-state index is 14.0. The second kappa shape index (κ2) is 10.6. The van der Waals surface area contributed by atoms with Crippen molar-refractivity contribution in [2.45, 2.75) is 20.0 Å². The monoisotopic (exact) mass is 544 g/mol. The Hall–Kier alpha value is -4.06. The fourth-order valence-electron chi connectivity index (χ4n) is 5.04. The van der Waals surface area contributed by atoms with Crippen LogP contribution < -0.4 is 16.4 Å². The van der Waals surface area contributed by atoms with Gasteiger partial charge in [-0.1, -0.05) is 41.7 Å². The molecule has 39 heavy (non-hydrogen) atoms. The zero-order valence-corrected chi connectivity index (χ0v) is 22.3. The number of nitrogens with one attached hydrogen (secondary N) is 1. The van der Waals surface area contributed by atoms with E-state index in [0.717, 1.165) is 23.3 Å². The molecule has 11 heteroatoms. The van der Waals surface area contributed by atoms with Crippen LogP contribution in [0.2, 0.25) is 0 Å². The molecule has 3 aromatic heterocycles. The van der Waals surface area contributed by atoms with Crippen molar-refractivity contribution in [2.24, 2.45) is 0 Å². The summed E-state index contributed by atoms with van der Waals surface area (Å²) in [5, 5.41) is 3.72. The molecule has 10 nitrogen and oxygen atoms in total. The quantitative estimate of drug-likeness (QED) is 0.338. The van der Waals surface area contributed by atoms with E-state index in [4.69, 9.17) is 4.74 Å². The number of aromatic nitrogens is 4. The number of thiazole rings is 1. The van der Waals surface area contributed by atoms with E-state index in [1.54, 1.807) is 28.3 Å². The van der Waals surface area contributed by atoms with Gasteiger partial charge in [-0.2, -0.15) is 4.68 Å². The highest BCUT2D eigenvalue weighted by molar-refractivity contribution is 7.20. The molecule has 1 N–H and O–H groups in total. The van der Waals surface area contributed by atoms with Gasteiger partial charge in [-0.15, -0.1) is 0 Å². The van der Waals surface area contributed by atoms with Gasteiger partial charge in [0.15, 0.2) is 0 Å². The fraction of sp³-hybridized carbons (Fsp3) is 0.286. The smallest absolute Gasteiger partial charge is 0.283 e. The van der Waals surface area contributed by atoms with Crippen LogP contribution in [0.1, 0.15) is 5.69 Å². The normalized spacial score (nSPS) is 14.3. The number of carbonyl (C=O) groups excluding carboxylic acids is 1. The molecular formula is C28H28N6O4S. The first kappa shape index (κ1) is 25.2. The summed E-state index contributed by atoms with van der Waals surface area (Å²) in [6, 6.07) is 18.2. The summed E-state index contributed by atoms with van der Waals surface area (Å²) < 4.78 is 11.0. The molecule has 0 bridgehead atoms. The Morgan fingerprint density at radius 1 is 1.03 bits per heavy atom. The van der Waals surface area contributed by atoms with Gasteiger partial charge in [0.2, 0.25) is 11.0 Å². The molecule has 5 aromatic rings. The summed E-state index contributed by atoms with van der Waals surface area (Å²) in [6.07, 6.45) is 0. The lowest BCUT2D eigenvalue weighted by atomic mass is 10.2. The van der Waals surface area contributed by atoms with Gasteiger partial charge in [0.1, 0.15) is 6.54 Å². The van der Waals surface area contributed by atoms with Crippen LogP contribution >= 0.6 is 11.3 Å². The number of pyridine rings is 1. The van der Waals surface area contributed by atoms with Gasteiger partial charge in [-0.05, 0) is 31.2 Å². The molecule has 4 heterocycles. The molecule has 1 aliphatic rings. The number of hydrogen-bond acceptors (Lipinski definition) is 7. The standard InChI is InChI=1S/C28H28N6O4S/c1-19-26-22(17-25(36)32(19)12-11-31-13-15-38-16-14-31)33(18-24(35)29-20-7-3-2-4-8-20)34(27(26)37)28-30-21-9-5-6-10-23(21)39-28/h2-10,17H,11-16,18H2,1H3,(H,29,35). The Bertz CT molecular complexity index is 1750. The van der Waals surface area contributed by atoms with Gasteiger partial charge in [0, 0.05) is 43.6 Å². The van der Waals surface area contributed by atoms with E-state index in [1.807, 2.05) is 42.5 Å². The Kier molecular flexibility index (Phi) is 6.86. The molecule has 200 valence electrons. The number of aryl methyl sites for hydroxylation is 1. The Morgan fingerprint density at radius 3 is 2.54 bits per heavy atom. The van der Waals surface area contributed by atoms with Crippen LogP contribution in [-0.4, -0.2) is 62.6 Å². The molecule has 1 aliphatic heterocycles. The van der Waals surface area contributed by atoms with Gasteiger partial charge in [-0.25, -0.2) is 4.98 Å². The average Bonchev–Trinajstić information content (AvgIpc) is 3.48. The number of amides is 1. The molecule has 1 amide bonds. The van der Waals surface area contributed by atoms with Crippen molar-refractivity contribution in [1.29, 1.82) is 0 Å². The largest absolute Gasteiger partial charge is 0.379 e. The molecule has 0 radical (unpaired) electrons. The van der Waals surface area contributed by atoms with Crippen LogP contribution in [0.4, 0.5) is 5.69 Å². The summed E-state index contributed by atoms with van der Waals surface area (Å²) >= 11 is 1.36. The number of fused-ring (bicyclic) bond motifs is 2. The summed E-state index contributed by atoms with van der Waals surface area (Å²) in [5.74, 6) is -0.317. The van der Waals surface area contributed by atoms with Gasteiger partial charge in [0.25, 0.3) is 11.1 Å². The number of anilines is 1. The van der Waals surface area contributed by atoms with Crippen molar-refractivity contribution in [3.63, 3.8) is 0 Å². The van der Waals surface area contributed by atoms with Gasteiger partial charge < -0.3 is 14.6 Å². The Balaban J connectivity index is 1.45. The van der Waals surface area contributed by atoms with Gasteiger partial charge in [-0.3, -0.25) is 24.0 Å². The SMILES string of the molecule is Cc1c2c(=O)n(-c3nc4ccccc4s3)n(CC(=O)Nc3ccccc3)c2cc(=O)n1CCN1CCOCC1. The van der Waals surface area contributed by atoms with E-state index >= 15 is 0 Å². The van der Waals surface area contributed by atoms with E-state index in [2.05, 4.69) is 15.2 Å². The topological polar surface area (TPSA) is 103 Å². The first-order chi connectivity index (χ1) is 19.0. The number of ether oxygens (including phenoxy) is 1. The molecular weight excluding hydrogens is 516 g/mol. The zero-order valence-electron chi connectivity index (χ0n) is 21.5. The predicted molar refractivity (Wildman–Crippen MR) is 152 cm³/mol. The predicted octanol–water partition coefficient (Wildman–Crippen LogP) is 2.84. The molecule has 0 unspecified atom stereocenters. The minimum Gasteiger partial charge on any atom is -0.379 e. The van der Waals surface area contributed by atoms with Crippen LogP contribution in [0.5, 0.6) is 0 Å². The Labute approximate surface area is 227 Å². The van der Waals surface area contributed by atoms with E-state index in [0.29, 0.717) is 53.7 Å². The summed E-state index contributed by atoms with van der Waals surface area (Å²) in [4.78, 5) is 47.4. The van der Waals surface area contributed by atoms with Crippen molar-refractivity contribution in [1.82, 2.24) is 23.8 Å². The highest BCUT2D eigenvalue weighted by Crippen LogP contribution is 2.26. The molecule has 0 spiro atoms. The molecule has 1 fully saturated rings. The maximum absolute atomic E-state index is 14.0. The minimum atomic E-state index is -0.317.